The van der Waals surface area contributed by atoms with Crippen molar-refractivity contribution in [2.24, 2.45) is 0 Å². The third-order valence-electron chi connectivity index (χ3n) is 8.13. The highest BCUT2D eigenvalue weighted by atomic mass is 16.1. The Bertz CT molecular complexity index is 1530. The normalized spacial score (nSPS) is 12.2. The van der Waals surface area contributed by atoms with E-state index in [2.05, 4.69) is 76.4 Å². The van der Waals surface area contributed by atoms with Crippen LogP contribution in [0.5, 0.6) is 0 Å². The summed E-state index contributed by atoms with van der Waals surface area (Å²) in [4.78, 5) is 28.1. The number of carbonyl (C=O) groups excluding carboxylic acids is 2. The van der Waals surface area contributed by atoms with Crippen molar-refractivity contribution in [2.75, 3.05) is 10.6 Å². The summed E-state index contributed by atoms with van der Waals surface area (Å²) in [5, 5.41) is 7.18. The van der Waals surface area contributed by atoms with E-state index in [0.29, 0.717) is 33.6 Å². The van der Waals surface area contributed by atoms with E-state index in [-0.39, 0.29) is 11.6 Å². The molecule has 0 unspecified atom stereocenters. The summed E-state index contributed by atoms with van der Waals surface area (Å²) in [6, 6.07) is 19.9. The Hall–Kier alpha value is -4.18. The molecular weight excluding hydrogens is 492 g/mol. The predicted octanol–water partition coefficient (Wildman–Crippen LogP) is 8.82. The standard InChI is InChI=1S/C36H38N2O2/c1-7-23-17-21(5)33(25(9-3)19-23)37-29-15-16-30(38-34-22(6)18-24(8-2)20-26(34)10-4)32-31(29)35(39)27-13-11-12-14-28(27)36(32)40/h11-20,37-38H,7-10H2,1-6H3. The molecule has 0 fully saturated rings. The highest BCUT2D eigenvalue weighted by molar-refractivity contribution is 6.32. The van der Waals surface area contributed by atoms with E-state index < -0.39 is 0 Å². The molecule has 0 amide bonds. The lowest BCUT2D eigenvalue weighted by Crippen LogP contribution is -2.23. The van der Waals surface area contributed by atoms with Gasteiger partial charge in [-0.3, -0.25) is 9.59 Å². The summed E-state index contributed by atoms with van der Waals surface area (Å²) in [6.07, 6.45) is 3.65. The van der Waals surface area contributed by atoms with Gasteiger partial charge in [0.05, 0.1) is 22.5 Å². The Morgan fingerprint density at radius 3 is 1.30 bits per heavy atom. The summed E-state index contributed by atoms with van der Waals surface area (Å²) < 4.78 is 0. The summed E-state index contributed by atoms with van der Waals surface area (Å²) in [7, 11) is 0. The van der Waals surface area contributed by atoms with Crippen molar-refractivity contribution < 1.29 is 9.59 Å². The molecule has 1 aliphatic rings. The van der Waals surface area contributed by atoms with E-state index >= 15 is 0 Å². The van der Waals surface area contributed by atoms with Crippen LogP contribution < -0.4 is 10.6 Å². The highest BCUT2D eigenvalue weighted by Crippen LogP contribution is 2.40. The Morgan fingerprint density at radius 1 is 0.550 bits per heavy atom. The largest absolute Gasteiger partial charge is 0.354 e. The average Bonchev–Trinajstić information content (AvgIpc) is 2.97. The first-order valence-corrected chi connectivity index (χ1v) is 14.4. The molecule has 40 heavy (non-hydrogen) atoms. The molecule has 0 spiro atoms. The first-order valence-electron chi connectivity index (χ1n) is 14.4. The molecule has 204 valence electrons. The molecule has 4 heteroatoms. The van der Waals surface area contributed by atoms with Gasteiger partial charge in [-0.25, -0.2) is 0 Å². The van der Waals surface area contributed by atoms with Crippen molar-refractivity contribution in [1.82, 2.24) is 0 Å². The SMILES string of the molecule is CCc1cc(C)c(Nc2ccc(Nc3c(C)cc(CC)cc3CC)c3c2C(=O)c2ccccc2C3=O)c(CC)c1. The van der Waals surface area contributed by atoms with E-state index in [4.69, 9.17) is 0 Å². The fourth-order valence-electron chi connectivity index (χ4n) is 5.91. The first-order chi connectivity index (χ1) is 19.3. The number of carbonyl (C=O) groups is 2. The molecular formula is C36H38N2O2. The number of fused-ring (bicyclic) bond motifs is 2. The molecule has 1 aliphatic carbocycles. The molecule has 2 N–H and O–H groups in total. The minimum Gasteiger partial charge on any atom is -0.354 e. The van der Waals surface area contributed by atoms with Gasteiger partial charge < -0.3 is 10.6 Å². The van der Waals surface area contributed by atoms with E-state index in [9.17, 15) is 9.59 Å². The number of benzene rings is 4. The molecule has 0 atom stereocenters. The first kappa shape index (κ1) is 27.4. The Kier molecular flexibility index (Phi) is 7.62. The Balaban J connectivity index is 1.70. The van der Waals surface area contributed by atoms with Gasteiger partial charge in [0.15, 0.2) is 11.6 Å². The van der Waals surface area contributed by atoms with Crippen LogP contribution in [0.2, 0.25) is 0 Å². The number of anilines is 4. The van der Waals surface area contributed by atoms with E-state index in [0.717, 1.165) is 48.2 Å². The third-order valence-corrected chi connectivity index (χ3v) is 8.13. The second-order valence-corrected chi connectivity index (χ2v) is 10.7. The van der Waals surface area contributed by atoms with Gasteiger partial charge in [0, 0.05) is 22.5 Å². The van der Waals surface area contributed by atoms with Crippen LogP contribution in [0.4, 0.5) is 22.7 Å². The molecule has 0 aromatic heterocycles. The van der Waals surface area contributed by atoms with Crippen LogP contribution in [0.25, 0.3) is 0 Å². The molecule has 0 bridgehead atoms. The molecule has 0 aliphatic heterocycles. The quantitative estimate of drug-likeness (QED) is 0.210. The van der Waals surface area contributed by atoms with Crippen LogP contribution >= 0.6 is 0 Å². The zero-order chi connectivity index (χ0) is 28.6. The van der Waals surface area contributed by atoms with Crippen molar-refractivity contribution in [2.45, 2.75) is 67.2 Å². The van der Waals surface area contributed by atoms with Gasteiger partial charge >= 0.3 is 0 Å². The highest BCUT2D eigenvalue weighted by Gasteiger charge is 2.34. The maximum atomic E-state index is 14.1. The smallest absolute Gasteiger partial charge is 0.196 e. The predicted molar refractivity (Wildman–Crippen MR) is 166 cm³/mol. The van der Waals surface area contributed by atoms with Crippen molar-refractivity contribution in [3.63, 3.8) is 0 Å². The third kappa shape index (κ3) is 4.72. The van der Waals surface area contributed by atoms with Crippen molar-refractivity contribution in [1.29, 1.82) is 0 Å². The molecule has 0 saturated carbocycles. The molecule has 5 rings (SSSR count). The minimum absolute atomic E-state index is 0.133. The molecule has 0 radical (unpaired) electrons. The number of aryl methyl sites for hydroxylation is 6. The van der Waals surface area contributed by atoms with E-state index in [1.54, 1.807) is 12.1 Å². The van der Waals surface area contributed by atoms with Gasteiger partial charge in [-0.2, -0.15) is 0 Å². The Labute approximate surface area is 237 Å². The molecule has 0 heterocycles. The topological polar surface area (TPSA) is 58.2 Å². The zero-order valence-corrected chi connectivity index (χ0v) is 24.4. The average molecular weight is 531 g/mol. The molecule has 4 aromatic rings. The van der Waals surface area contributed by atoms with Crippen LogP contribution in [0.1, 0.15) is 92.9 Å². The lowest BCUT2D eigenvalue weighted by molar-refractivity contribution is 0.0980. The van der Waals surface area contributed by atoms with E-state index in [1.165, 1.54) is 22.3 Å². The lowest BCUT2D eigenvalue weighted by Gasteiger charge is -2.26. The summed E-state index contributed by atoms with van der Waals surface area (Å²) >= 11 is 0. The number of nitrogens with one attached hydrogen (secondary N) is 2. The number of rotatable bonds is 8. The monoisotopic (exact) mass is 530 g/mol. The minimum atomic E-state index is -0.133. The second-order valence-electron chi connectivity index (χ2n) is 10.7. The maximum Gasteiger partial charge on any atom is 0.196 e. The van der Waals surface area contributed by atoms with Gasteiger partial charge in [0.1, 0.15) is 0 Å². The maximum absolute atomic E-state index is 14.1. The van der Waals surface area contributed by atoms with Crippen LogP contribution in [0, 0.1) is 13.8 Å². The van der Waals surface area contributed by atoms with Gasteiger partial charge in [-0.05, 0) is 85.0 Å². The van der Waals surface area contributed by atoms with Gasteiger partial charge in [0.2, 0.25) is 0 Å². The number of hydrogen-bond acceptors (Lipinski definition) is 4. The summed E-state index contributed by atoms with van der Waals surface area (Å²) in [5.74, 6) is -0.267. The molecule has 0 saturated heterocycles. The van der Waals surface area contributed by atoms with Crippen LogP contribution in [0.15, 0.2) is 60.7 Å². The van der Waals surface area contributed by atoms with Crippen molar-refractivity contribution in [3.05, 3.63) is 116 Å². The van der Waals surface area contributed by atoms with Crippen LogP contribution in [-0.2, 0) is 25.7 Å². The van der Waals surface area contributed by atoms with E-state index in [1.807, 2.05) is 24.3 Å². The summed E-state index contributed by atoms with van der Waals surface area (Å²) in [6.45, 7) is 12.8. The fraction of sp³-hybridized carbons (Fsp3) is 0.278. The van der Waals surface area contributed by atoms with Gasteiger partial charge in [-0.1, -0.05) is 76.2 Å². The summed E-state index contributed by atoms with van der Waals surface area (Å²) in [5.41, 5.74) is 12.3. The molecule has 4 aromatic carbocycles. The lowest BCUT2D eigenvalue weighted by atomic mass is 9.82. The molecule has 4 nitrogen and oxygen atoms in total. The van der Waals surface area contributed by atoms with Crippen LogP contribution in [0.3, 0.4) is 0 Å². The van der Waals surface area contributed by atoms with Crippen LogP contribution in [-0.4, -0.2) is 11.6 Å². The second kappa shape index (κ2) is 11.1. The van der Waals surface area contributed by atoms with Crippen molar-refractivity contribution >= 4 is 34.3 Å². The van der Waals surface area contributed by atoms with Crippen molar-refractivity contribution in [3.8, 4) is 0 Å². The Morgan fingerprint density at radius 2 is 0.950 bits per heavy atom. The fourth-order valence-corrected chi connectivity index (χ4v) is 5.91. The number of hydrogen-bond donors (Lipinski definition) is 2. The zero-order valence-electron chi connectivity index (χ0n) is 24.4. The van der Waals surface area contributed by atoms with Gasteiger partial charge in [0.25, 0.3) is 0 Å². The number of ketones is 2. The van der Waals surface area contributed by atoms with Gasteiger partial charge in [-0.15, -0.1) is 0 Å².